The van der Waals surface area contributed by atoms with Gasteiger partial charge in [-0.3, -0.25) is 4.68 Å². The first-order chi connectivity index (χ1) is 9.15. The summed E-state index contributed by atoms with van der Waals surface area (Å²) < 4.78 is 1.83. The third-order valence-corrected chi connectivity index (χ3v) is 3.83. The van der Waals surface area contributed by atoms with E-state index in [2.05, 4.69) is 22.7 Å². The molecule has 106 valence electrons. The maximum absolute atomic E-state index is 11.9. The summed E-state index contributed by atoms with van der Waals surface area (Å²) in [7, 11) is 0. The van der Waals surface area contributed by atoms with Gasteiger partial charge in [-0.15, -0.1) is 0 Å². The molecule has 0 aliphatic heterocycles. The van der Waals surface area contributed by atoms with Gasteiger partial charge in [0, 0.05) is 24.5 Å². The van der Waals surface area contributed by atoms with E-state index in [4.69, 9.17) is 0 Å². The zero-order valence-electron chi connectivity index (χ0n) is 11.8. The molecule has 5 heteroatoms. The lowest BCUT2D eigenvalue weighted by molar-refractivity contribution is 0.217. The third-order valence-electron chi connectivity index (χ3n) is 3.83. The van der Waals surface area contributed by atoms with Gasteiger partial charge in [-0.05, 0) is 31.7 Å². The lowest BCUT2D eigenvalue weighted by Crippen LogP contribution is -2.49. The van der Waals surface area contributed by atoms with E-state index < -0.39 is 0 Å². The van der Waals surface area contributed by atoms with E-state index in [1.807, 2.05) is 23.9 Å². The summed E-state index contributed by atoms with van der Waals surface area (Å²) in [6, 6.07) is 2.22. The highest BCUT2D eigenvalue weighted by atomic mass is 16.2. The summed E-state index contributed by atoms with van der Waals surface area (Å²) in [5.41, 5.74) is 0. The minimum Gasteiger partial charge on any atom is -0.335 e. The number of urea groups is 1. The maximum Gasteiger partial charge on any atom is 0.315 e. The topological polar surface area (TPSA) is 59.0 Å². The van der Waals surface area contributed by atoms with Gasteiger partial charge in [-0.2, -0.15) is 5.10 Å². The predicted molar refractivity (Wildman–Crippen MR) is 74.8 cm³/mol. The molecule has 3 atom stereocenters. The Morgan fingerprint density at radius 2 is 2.26 bits per heavy atom. The molecule has 1 aromatic rings. The molecule has 2 N–H and O–H groups in total. The Bertz CT molecular complexity index is 390. The minimum atomic E-state index is -0.0570. The van der Waals surface area contributed by atoms with Crippen LogP contribution in [0.5, 0.6) is 0 Å². The van der Waals surface area contributed by atoms with Crippen LogP contribution in [-0.4, -0.2) is 27.9 Å². The summed E-state index contributed by atoms with van der Waals surface area (Å²) in [5.74, 6) is 0.584. The molecule has 0 aromatic carbocycles. The number of hydrogen-bond donors (Lipinski definition) is 2. The zero-order chi connectivity index (χ0) is 13.7. The minimum absolute atomic E-state index is 0.0570. The van der Waals surface area contributed by atoms with E-state index in [1.165, 1.54) is 19.3 Å². The molecule has 1 aliphatic carbocycles. The number of nitrogens with one attached hydrogen (secondary N) is 2. The molecule has 2 amide bonds. The van der Waals surface area contributed by atoms with E-state index in [-0.39, 0.29) is 12.1 Å². The molecule has 2 rings (SSSR count). The smallest absolute Gasteiger partial charge is 0.315 e. The van der Waals surface area contributed by atoms with E-state index in [9.17, 15) is 4.79 Å². The summed E-state index contributed by atoms with van der Waals surface area (Å²) in [5, 5.41) is 10.2. The molecular weight excluding hydrogens is 240 g/mol. The van der Waals surface area contributed by atoms with Crippen LogP contribution in [-0.2, 0) is 6.54 Å². The molecule has 0 unspecified atom stereocenters. The molecule has 0 bridgehead atoms. The van der Waals surface area contributed by atoms with Crippen molar-refractivity contribution in [1.82, 2.24) is 20.4 Å². The number of rotatable bonds is 4. The van der Waals surface area contributed by atoms with Crippen molar-refractivity contribution < 1.29 is 4.79 Å². The number of aromatic nitrogens is 2. The van der Waals surface area contributed by atoms with Crippen LogP contribution in [0, 0.1) is 5.92 Å². The van der Waals surface area contributed by atoms with E-state index in [0.29, 0.717) is 18.5 Å². The van der Waals surface area contributed by atoms with Crippen LogP contribution in [0.25, 0.3) is 0 Å². The van der Waals surface area contributed by atoms with Crippen LogP contribution in [0.15, 0.2) is 18.5 Å². The van der Waals surface area contributed by atoms with Crippen molar-refractivity contribution in [3.8, 4) is 0 Å². The quantitative estimate of drug-likeness (QED) is 0.875. The van der Waals surface area contributed by atoms with Gasteiger partial charge in [0.2, 0.25) is 0 Å². The molecule has 5 nitrogen and oxygen atoms in total. The molecule has 0 saturated heterocycles. The van der Waals surface area contributed by atoms with Crippen LogP contribution in [0.4, 0.5) is 4.79 Å². The first-order valence-corrected chi connectivity index (χ1v) is 7.19. The molecule has 1 fully saturated rings. The van der Waals surface area contributed by atoms with Gasteiger partial charge in [0.1, 0.15) is 0 Å². The monoisotopic (exact) mass is 264 g/mol. The van der Waals surface area contributed by atoms with Crippen LogP contribution >= 0.6 is 0 Å². The van der Waals surface area contributed by atoms with E-state index >= 15 is 0 Å². The van der Waals surface area contributed by atoms with Gasteiger partial charge in [0.05, 0.1) is 6.54 Å². The standard InChI is InChI=1S/C14H24N4O/c1-11-6-3-4-7-13(11)17-14(19)16-12(2)10-18-9-5-8-15-18/h5,8-9,11-13H,3-4,6-7,10H2,1-2H3,(H2,16,17,19)/t11-,12-,13-/m1/s1. The first-order valence-electron chi connectivity index (χ1n) is 7.19. The van der Waals surface area contributed by atoms with Crippen molar-refractivity contribution in [1.29, 1.82) is 0 Å². The van der Waals surface area contributed by atoms with Crippen molar-refractivity contribution in [2.24, 2.45) is 5.92 Å². The fourth-order valence-electron chi connectivity index (χ4n) is 2.70. The molecule has 0 radical (unpaired) electrons. The van der Waals surface area contributed by atoms with Crippen LogP contribution in [0.1, 0.15) is 39.5 Å². The van der Waals surface area contributed by atoms with E-state index in [0.717, 1.165) is 6.42 Å². The Kier molecular flexibility index (Phi) is 4.82. The summed E-state index contributed by atoms with van der Waals surface area (Å²) in [6.07, 6.45) is 8.47. The van der Waals surface area contributed by atoms with Crippen molar-refractivity contribution >= 4 is 6.03 Å². The second kappa shape index (κ2) is 6.59. The summed E-state index contributed by atoms with van der Waals surface area (Å²) >= 11 is 0. The second-order valence-corrected chi connectivity index (χ2v) is 5.62. The molecule has 0 spiro atoms. The summed E-state index contributed by atoms with van der Waals surface area (Å²) in [6.45, 7) is 4.91. The fraction of sp³-hybridized carbons (Fsp3) is 0.714. The Morgan fingerprint density at radius 3 is 2.95 bits per heavy atom. The number of carbonyl (C=O) groups is 1. The Morgan fingerprint density at radius 1 is 1.47 bits per heavy atom. The number of hydrogen-bond acceptors (Lipinski definition) is 2. The molecule has 1 aliphatic rings. The largest absolute Gasteiger partial charge is 0.335 e. The van der Waals surface area contributed by atoms with Crippen LogP contribution in [0.2, 0.25) is 0 Å². The molecule has 1 heterocycles. The predicted octanol–water partition coefficient (Wildman–Crippen LogP) is 2.15. The summed E-state index contributed by atoms with van der Waals surface area (Å²) in [4.78, 5) is 11.9. The van der Waals surface area contributed by atoms with Gasteiger partial charge >= 0.3 is 6.03 Å². The highest BCUT2D eigenvalue weighted by Gasteiger charge is 2.23. The van der Waals surface area contributed by atoms with Gasteiger partial charge in [0.15, 0.2) is 0 Å². The van der Waals surface area contributed by atoms with Crippen molar-refractivity contribution in [2.75, 3.05) is 0 Å². The maximum atomic E-state index is 11.9. The highest BCUT2D eigenvalue weighted by Crippen LogP contribution is 2.23. The number of nitrogens with zero attached hydrogens (tertiary/aromatic N) is 2. The van der Waals surface area contributed by atoms with E-state index in [1.54, 1.807) is 6.20 Å². The van der Waals surface area contributed by atoms with Gasteiger partial charge in [0.25, 0.3) is 0 Å². The zero-order valence-corrected chi connectivity index (χ0v) is 11.8. The molecular formula is C14H24N4O. The lowest BCUT2D eigenvalue weighted by atomic mass is 9.86. The van der Waals surface area contributed by atoms with Crippen molar-refractivity contribution in [3.63, 3.8) is 0 Å². The number of amides is 2. The van der Waals surface area contributed by atoms with Gasteiger partial charge in [-0.25, -0.2) is 4.79 Å². The van der Waals surface area contributed by atoms with Gasteiger partial charge in [-0.1, -0.05) is 19.8 Å². The average Bonchev–Trinajstić information content (AvgIpc) is 2.84. The van der Waals surface area contributed by atoms with Crippen LogP contribution < -0.4 is 10.6 Å². The van der Waals surface area contributed by atoms with Crippen molar-refractivity contribution in [3.05, 3.63) is 18.5 Å². The van der Waals surface area contributed by atoms with Gasteiger partial charge < -0.3 is 10.6 Å². The SMILES string of the molecule is C[C@H](Cn1cccn1)NC(=O)N[C@@H]1CCCC[C@H]1C. The third kappa shape index (κ3) is 4.26. The Labute approximate surface area is 114 Å². The first kappa shape index (κ1) is 13.9. The molecule has 1 aromatic heterocycles. The highest BCUT2D eigenvalue weighted by molar-refractivity contribution is 5.74. The Balaban J connectivity index is 1.74. The number of carbonyl (C=O) groups excluding carboxylic acids is 1. The lowest BCUT2D eigenvalue weighted by Gasteiger charge is -2.30. The fourth-order valence-corrected chi connectivity index (χ4v) is 2.70. The van der Waals surface area contributed by atoms with Crippen molar-refractivity contribution in [2.45, 2.75) is 58.2 Å². The molecule has 1 saturated carbocycles. The Hall–Kier alpha value is -1.52. The second-order valence-electron chi connectivity index (χ2n) is 5.62. The molecule has 19 heavy (non-hydrogen) atoms. The normalized spacial score (nSPS) is 24.7. The average molecular weight is 264 g/mol. The van der Waals surface area contributed by atoms with Crippen LogP contribution in [0.3, 0.4) is 0 Å².